The SMILES string of the molecule is O=C(CBr)Cc1ccc(OC(F)(F)F)cc1OC(F)(F)F. The first-order chi connectivity index (χ1) is 9.50. The minimum atomic E-state index is -5.11. The summed E-state index contributed by atoms with van der Waals surface area (Å²) in [6.07, 6.45) is -10.6. The Hall–Kier alpha value is -1.45. The van der Waals surface area contributed by atoms with Gasteiger partial charge in [0.1, 0.15) is 17.3 Å². The van der Waals surface area contributed by atoms with E-state index < -0.39 is 36.4 Å². The van der Waals surface area contributed by atoms with Gasteiger partial charge in [-0.25, -0.2) is 0 Å². The zero-order chi connectivity index (χ0) is 16.3. The van der Waals surface area contributed by atoms with Crippen molar-refractivity contribution in [3.8, 4) is 11.5 Å². The first-order valence-electron chi connectivity index (χ1n) is 5.22. The van der Waals surface area contributed by atoms with Crippen LogP contribution in [0, 0.1) is 0 Å². The highest BCUT2D eigenvalue weighted by Gasteiger charge is 2.34. The van der Waals surface area contributed by atoms with Crippen LogP contribution in [0.1, 0.15) is 5.56 Å². The van der Waals surface area contributed by atoms with Gasteiger partial charge in [-0.1, -0.05) is 22.0 Å². The van der Waals surface area contributed by atoms with E-state index in [2.05, 4.69) is 25.4 Å². The fourth-order valence-electron chi connectivity index (χ4n) is 1.36. The molecule has 1 rings (SSSR count). The Morgan fingerprint density at radius 3 is 2.10 bits per heavy atom. The van der Waals surface area contributed by atoms with Crippen LogP contribution >= 0.6 is 15.9 Å². The average molecular weight is 381 g/mol. The summed E-state index contributed by atoms with van der Waals surface area (Å²) in [5.74, 6) is -2.26. The first-order valence-corrected chi connectivity index (χ1v) is 6.34. The van der Waals surface area contributed by atoms with Gasteiger partial charge in [0.05, 0.1) is 5.33 Å². The highest BCUT2D eigenvalue weighted by molar-refractivity contribution is 9.09. The third-order valence-corrected chi connectivity index (χ3v) is 2.66. The van der Waals surface area contributed by atoms with Gasteiger partial charge < -0.3 is 9.47 Å². The normalized spacial score (nSPS) is 12.1. The van der Waals surface area contributed by atoms with Crippen LogP contribution in [0.3, 0.4) is 0 Å². The third kappa shape index (κ3) is 6.69. The molecule has 0 aliphatic heterocycles. The van der Waals surface area contributed by atoms with Crippen molar-refractivity contribution in [1.82, 2.24) is 0 Å². The molecule has 0 spiro atoms. The summed E-state index contributed by atoms with van der Waals surface area (Å²) < 4.78 is 79.9. The van der Waals surface area contributed by atoms with Crippen molar-refractivity contribution in [3.63, 3.8) is 0 Å². The number of carbonyl (C=O) groups excluding carboxylic acids is 1. The number of halogens is 7. The molecule has 1 aromatic rings. The van der Waals surface area contributed by atoms with Crippen molar-refractivity contribution >= 4 is 21.7 Å². The molecule has 0 heterocycles. The van der Waals surface area contributed by atoms with E-state index in [4.69, 9.17) is 0 Å². The number of carbonyl (C=O) groups is 1. The Labute approximate surface area is 123 Å². The van der Waals surface area contributed by atoms with Crippen molar-refractivity contribution in [2.24, 2.45) is 0 Å². The molecule has 1 aromatic carbocycles. The van der Waals surface area contributed by atoms with Crippen LogP contribution in [0.2, 0.25) is 0 Å². The molecule has 0 radical (unpaired) electrons. The van der Waals surface area contributed by atoms with Gasteiger partial charge in [0.2, 0.25) is 0 Å². The number of ether oxygens (including phenoxy) is 2. The molecule has 0 aliphatic rings. The minimum Gasteiger partial charge on any atom is -0.406 e. The van der Waals surface area contributed by atoms with E-state index in [-0.39, 0.29) is 10.9 Å². The summed E-state index contributed by atoms with van der Waals surface area (Å²) in [5.41, 5.74) is -0.203. The van der Waals surface area contributed by atoms with E-state index in [1.54, 1.807) is 0 Å². The third-order valence-electron chi connectivity index (χ3n) is 2.03. The molecule has 0 N–H and O–H groups in total. The molecule has 10 heteroatoms. The Morgan fingerprint density at radius 1 is 1.05 bits per heavy atom. The standard InChI is InChI=1S/C11H7BrF6O3/c12-5-7(19)3-6-1-2-8(20-10(13,14)15)4-9(6)21-11(16,17)18/h1-2,4H,3,5H2. The van der Waals surface area contributed by atoms with E-state index in [0.29, 0.717) is 6.07 Å². The molecular formula is C11H7BrF6O3. The monoisotopic (exact) mass is 380 g/mol. The smallest absolute Gasteiger partial charge is 0.406 e. The maximum Gasteiger partial charge on any atom is 0.573 e. The van der Waals surface area contributed by atoms with Crippen molar-refractivity contribution in [1.29, 1.82) is 0 Å². The molecule has 0 fully saturated rings. The zero-order valence-corrected chi connectivity index (χ0v) is 11.6. The lowest BCUT2D eigenvalue weighted by molar-refractivity contribution is -0.276. The van der Waals surface area contributed by atoms with Crippen LogP contribution in [0.5, 0.6) is 11.5 Å². The van der Waals surface area contributed by atoms with Crippen molar-refractivity contribution in [2.45, 2.75) is 19.1 Å². The average Bonchev–Trinajstić information content (AvgIpc) is 2.28. The summed E-state index contributed by atoms with van der Waals surface area (Å²) in [5, 5.41) is -0.112. The number of Topliss-reactive ketones (excluding diaryl/α,β-unsaturated/α-hetero) is 1. The molecule has 0 aliphatic carbocycles. The number of rotatable bonds is 5. The Kier molecular flexibility index (Phi) is 5.48. The molecule has 0 aromatic heterocycles. The Bertz CT molecular complexity index is 512. The molecule has 0 bridgehead atoms. The van der Waals surface area contributed by atoms with Gasteiger partial charge in [-0.15, -0.1) is 26.3 Å². The van der Waals surface area contributed by atoms with Gasteiger partial charge in [0.15, 0.2) is 0 Å². The summed E-state index contributed by atoms with van der Waals surface area (Å²) in [7, 11) is 0. The fourth-order valence-corrected chi connectivity index (χ4v) is 1.56. The summed E-state index contributed by atoms with van der Waals surface area (Å²) in [6, 6.07) is 2.13. The summed E-state index contributed by atoms with van der Waals surface area (Å²) in [4.78, 5) is 11.2. The summed E-state index contributed by atoms with van der Waals surface area (Å²) in [6.45, 7) is 0. The molecule has 0 amide bonds. The molecule has 118 valence electrons. The number of hydrogen-bond donors (Lipinski definition) is 0. The van der Waals surface area contributed by atoms with Gasteiger partial charge in [0.25, 0.3) is 0 Å². The topological polar surface area (TPSA) is 35.5 Å². The van der Waals surface area contributed by atoms with Crippen LogP contribution in [0.15, 0.2) is 18.2 Å². The van der Waals surface area contributed by atoms with Crippen molar-refractivity contribution in [2.75, 3.05) is 5.33 Å². The molecule has 0 atom stereocenters. The molecule has 21 heavy (non-hydrogen) atoms. The molecule has 0 saturated heterocycles. The molecular weight excluding hydrogens is 374 g/mol. The Balaban J connectivity index is 3.10. The van der Waals surface area contributed by atoms with E-state index in [0.717, 1.165) is 12.1 Å². The minimum absolute atomic E-state index is 0.112. The number of alkyl halides is 7. The number of hydrogen-bond acceptors (Lipinski definition) is 3. The number of ketones is 1. The lowest BCUT2D eigenvalue weighted by atomic mass is 10.1. The van der Waals surface area contributed by atoms with Crippen LogP contribution in [-0.2, 0) is 11.2 Å². The van der Waals surface area contributed by atoms with Crippen LogP contribution in [0.4, 0.5) is 26.3 Å². The summed E-state index contributed by atoms with van der Waals surface area (Å²) >= 11 is 2.83. The van der Waals surface area contributed by atoms with Gasteiger partial charge >= 0.3 is 12.7 Å². The highest BCUT2D eigenvalue weighted by Crippen LogP contribution is 2.33. The molecule has 3 nitrogen and oxygen atoms in total. The van der Waals surface area contributed by atoms with E-state index in [9.17, 15) is 31.1 Å². The predicted octanol–water partition coefficient (Wildman–Crippen LogP) is 3.99. The highest BCUT2D eigenvalue weighted by atomic mass is 79.9. The number of benzene rings is 1. The Morgan fingerprint density at radius 2 is 1.62 bits per heavy atom. The van der Waals surface area contributed by atoms with Crippen LogP contribution in [-0.4, -0.2) is 23.8 Å². The van der Waals surface area contributed by atoms with Crippen molar-refractivity contribution < 1.29 is 40.6 Å². The van der Waals surface area contributed by atoms with Gasteiger partial charge in [-0.3, -0.25) is 4.79 Å². The first kappa shape index (κ1) is 17.6. The lowest BCUT2D eigenvalue weighted by Crippen LogP contribution is -2.20. The molecule has 0 unspecified atom stereocenters. The van der Waals surface area contributed by atoms with E-state index in [1.807, 2.05) is 0 Å². The van der Waals surface area contributed by atoms with Crippen LogP contribution in [0.25, 0.3) is 0 Å². The fraction of sp³-hybridized carbons (Fsp3) is 0.364. The second kappa shape index (κ2) is 6.54. The zero-order valence-electron chi connectivity index (χ0n) is 10.0. The van der Waals surface area contributed by atoms with Crippen LogP contribution < -0.4 is 9.47 Å². The van der Waals surface area contributed by atoms with Gasteiger partial charge in [-0.05, 0) is 6.07 Å². The maximum atomic E-state index is 12.2. The van der Waals surface area contributed by atoms with Gasteiger partial charge in [-0.2, -0.15) is 0 Å². The predicted molar refractivity (Wildman–Crippen MR) is 62.3 cm³/mol. The van der Waals surface area contributed by atoms with Gasteiger partial charge in [0, 0.05) is 18.1 Å². The van der Waals surface area contributed by atoms with E-state index >= 15 is 0 Å². The maximum absolute atomic E-state index is 12.2. The van der Waals surface area contributed by atoms with Crippen molar-refractivity contribution in [3.05, 3.63) is 23.8 Å². The lowest BCUT2D eigenvalue weighted by Gasteiger charge is -2.15. The quantitative estimate of drug-likeness (QED) is 0.572. The second-order valence-corrected chi connectivity index (χ2v) is 4.27. The largest absolute Gasteiger partial charge is 0.573 e. The van der Waals surface area contributed by atoms with E-state index in [1.165, 1.54) is 0 Å². The molecule has 0 saturated carbocycles. The second-order valence-electron chi connectivity index (χ2n) is 3.71.